The fraction of sp³-hybridized carbons (Fsp3) is 0.400. The lowest BCUT2D eigenvalue weighted by molar-refractivity contribution is 0.638. The van der Waals surface area contributed by atoms with Crippen molar-refractivity contribution in [3.63, 3.8) is 0 Å². The zero-order chi connectivity index (χ0) is 9.84. The molecule has 0 radical (unpaired) electrons. The quantitative estimate of drug-likeness (QED) is 0.802. The van der Waals surface area contributed by atoms with E-state index >= 15 is 0 Å². The maximum absolute atomic E-state index is 6.00. The molecule has 1 unspecified atom stereocenters. The fourth-order valence-corrected chi connectivity index (χ4v) is 2.08. The molecule has 0 bridgehead atoms. The molecule has 0 aliphatic heterocycles. The molecule has 0 saturated carbocycles. The van der Waals surface area contributed by atoms with E-state index in [1.165, 1.54) is 0 Å². The highest BCUT2D eigenvalue weighted by molar-refractivity contribution is 9.10. The van der Waals surface area contributed by atoms with E-state index in [1.807, 2.05) is 18.2 Å². The Morgan fingerprint density at radius 1 is 1.46 bits per heavy atom. The Morgan fingerprint density at radius 3 is 2.69 bits per heavy atom. The van der Waals surface area contributed by atoms with Gasteiger partial charge in [0.1, 0.15) is 0 Å². The van der Waals surface area contributed by atoms with Crippen LogP contribution >= 0.6 is 15.9 Å². The van der Waals surface area contributed by atoms with Gasteiger partial charge in [-0.15, -0.1) is 0 Å². The van der Waals surface area contributed by atoms with E-state index in [2.05, 4.69) is 22.9 Å². The second-order valence-corrected chi connectivity index (χ2v) is 3.99. The maximum atomic E-state index is 6.00. The highest BCUT2D eigenvalue weighted by atomic mass is 79.9. The third-order valence-corrected chi connectivity index (χ3v) is 2.75. The zero-order valence-electron chi connectivity index (χ0n) is 7.76. The second kappa shape index (κ2) is 4.63. The highest BCUT2D eigenvalue weighted by Gasteiger charge is 2.11. The predicted octanol–water partition coefficient (Wildman–Crippen LogP) is 2.83. The molecule has 0 saturated heterocycles. The van der Waals surface area contributed by atoms with Gasteiger partial charge in [0.2, 0.25) is 0 Å². The average Bonchev–Trinajstić information content (AvgIpc) is 2.04. The molecule has 2 nitrogen and oxygen atoms in total. The molecule has 0 amide bonds. The van der Waals surface area contributed by atoms with Crippen molar-refractivity contribution in [3.8, 4) is 0 Å². The molecule has 0 heterocycles. The zero-order valence-corrected chi connectivity index (χ0v) is 9.34. The summed E-state index contributed by atoms with van der Waals surface area (Å²) in [5, 5.41) is 0. The monoisotopic (exact) mass is 242 g/mol. The van der Waals surface area contributed by atoms with Gasteiger partial charge in [-0.3, -0.25) is 0 Å². The summed E-state index contributed by atoms with van der Waals surface area (Å²) in [5.74, 6) is 0. The maximum Gasteiger partial charge on any atom is 0.0373 e. The molecular formula is C10H15BrN2. The van der Waals surface area contributed by atoms with E-state index in [0.29, 0.717) is 0 Å². The Bertz CT molecular complexity index is 266. The largest absolute Gasteiger partial charge is 0.398 e. The number of nitrogens with two attached hydrogens (primary N) is 2. The van der Waals surface area contributed by atoms with Gasteiger partial charge in [-0.1, -0.05) is 35.3 Å². The van der Waals surface area contributed by atoms with Crippen LogP contribution in [0.5, 0.6) is 0 Å². The number of rotatable bonds is 3. The molecule has 1 rings (SSSR count). The number of halogens is 1. The van der Waals surface area contributed by atoms with Crippen LogP contribution in [0.15, 0.2) is 22.7 Å². The topological polar surface area (TPSA) is 52.0 Å². The molecule has 4 N–H and O–H groups in total. The summed E-state index contributed by atoms with van der Waals surface area (Å²) in [4.78, 5) is 0. The SMILES string of the molecule is CCCC(N)c1c(N)cccc1Br. The van der Waals surface area contributed by atoms with Gasteiger partial charge in [0.25, 0.3) is 0 Å². The standard InChI is InChI=1S/C10H15BrN2/c1-2-4-8(12)10-7(11)5-3-6-9(10)13/h3,5-6,8H,2,4,12-13H2,1H3. The van der Waals surface area contributed by atoms with Gasteiger partial charge < -0.3 is 11.5 Å². The molecule has 0 aromatic heterocycles. The minimum atomic E-state index is 0.0422. The minimum Gasteiger partial charge on any atom is -0.398 e. The third kappa shape index (κ3) is 2.45. The van der Waals surface area contributed by atoms with Gasteiger partial charge in [-0.25, -0.2) is 0 Å². The Morgan fingerprint density at radius 2 is 2.15 bits per heavy atom. The smallest absolute Gasteiger partial charge is 0.0373 e. The number of hydrogen-bond donors (Lipinski definition) is 2. The van der Waals surface area contributed by atoms with E-state index in [-0.39, 0.29) is 6.04 Å². The molecule has 0 aliphatic carbocycles. The lowest BCUT2D eigenvalue weighted by Gasteiger charge is -2.15. The van der Waals surface area contributed by atoms with Crippen LogP contribution in [0, 0.1) is 0 Å². The summed E-state index contributed by atoms with van der Waals surface area (Å²) in [6.07, 6.45) is 2.04. The molecular weight excluding hydrogens is 228 g/mol. The van der Waals surface area contributed by atoms with Gasteiger partial charge in [0, 0.05) is 21.8 Å². The van der Waals surface area contributed by atoms with Crippen LogP contribution < -0.4 is 11.5 Å². The second-order valence-electron chi connectivity index (χ2n) is 3.14. The van der Waals surface area contributed by atoms with E-state index in [0.717, 1.165) is 28.6 Å². The van der Waals surface area contributed by atoms with Crippen molar-refractivity contribution in [2.24, 2.45) is 5.73 Å². The van der Waals surface area contributed by atoms with Crippen molar-refractivity contribution in [1.29, 1.82) is 0 Å². The lowest BCUT2D eigenvalue weighted by Crippen LogP contribution is -2.12. The summed E-state index contributed by atoms with van der Waals surface area (Å²) in [6, 6.07) is 5.82. The van der Waals surface area contributed by atoms with Crippen LogP contribution in [0.2, 0.25) is 0 Å². The first-order valence-electron chi connectivity index (χ1n) is 4.46. The minimum absolute atomic E-state index is 0.0422. The number of benzene rings is 1. The van der Waals surface area contributed by atoms with Crippen LogP contribution in [0.1, 0.15) is 31.4 Å². The van der Waals surface area contributed by atoms with Gasteiger partial charge >= 0.3 is 0 Å². The van der Waals surface area contributed by atoms with Crippen molar-refractivity contribution in [2.45, 2.75) is 25.8 Å². The Hall–Kier alpha value is -0.540. The van der Waals surface area contributed by atoms with Crippen molar-refractivity contribution >= 4 is 21.6 Å². The van der Waals surface area contributed by atoms with Crippen LogP contribution in [-0.2, 0) is 0 Å². The van der Waals surface area contributed by atoms with E-state index in [9.17, 15) is 0 Å². The Balaban J connectivity index is 2.98. The summed E-state index contributed by atoms with van der Waals surface area (Å²) >= 11 is 3.46. The average molecular weight is 243 g/mol. The van der Waals surface area contributed by atoms with Gasteiger partial charge in [-0.05, 0) is 18.6 Å². The number of anilines is 1. The Kier molecular flexibility index (Phi) is 3.75. The van der Waals surface area contributed by atoms with Crippen LogP contribution in [-0.4, -0.2) is 0 Å². The van der Waals surface area contributed by atoms with Crippen LogP contribution in [0.3, 0.4) is 0 Å². The molecule has 1 atom stereocenters. The summed E-state index contributed by atoms with van der Waals surface area (Å²) in [5.41, 5.74) is 13.6. The number of hydrogen-bond acceptors (Lipinski definition) is 2. The fourth-order valence-electron chi connectivity index (χ4n) is 1.40. The molecule has 1 aromatic carbocycles. The first-order valence-corrected chi connectivity index (χ1v) is 5.25. The van der Waals surface area contributed by atoms with Crippen molar-refractivity contribution in [1.82, 2.24) is 0 Å². The van der Waals surface area contributed by atoms with Gasteiger partial charge in [0.05, 0.1) is 0 Å². The summed E-state index contributed by atoms with van der Waals surface area (Å²) < 4.78 is 1.01. The molecule has 0 fully saturated rings. The highest BCUT2D eigenvalue weighted by Crippen LogP contribution is 2.29. The normalized spacial score (nSPS) is 12.8. The molecule has 0 spiro atoms. The first kappa shape index (κ1) is 10.5. The Labute approximate surface area is 87.4 Å². The molecule has 1 aromatic rings. The van der Waals surface area contributed by atoms with E-state index in [1.54, 1.807) is 0 Å². The van der Waals surface area contributed by atoms with Crippen molar-refractivity contribution < 1.29 is 0 Å². The summed E-state index contributed by atoms with van der Waals surface area (Å²) in [6.45, 7) is 2.12. The first-order chi connectivity index (χ1) is 6.16. The lowest BCUT2D eigenvalue weighted by atomic mass is 10.0. The molecule has 72 valence electrons. The third-order valence-electron chi connectivity index (χ3n) is 2.06. The van der Waals surface area contributed by atoms with Crippen LogP contribution in [0.25, 0.3) is 0 Å². The van der Waals surface area contributed by atoms with Crippen LogP contribution in [0.4, 0.5) is 5.69 Å². The molecule has 0 aliphatic rings. The van der Waals surface area contributed by atoms with E-state index < -0.39 is 0 Å². The summed E-state index contributed by atoms with van der Waals surface area (Å²) in [7, 11) is 0. The van der Waals surface area contributed by atoms with Gasteiger partial charge in [-0.2, -0.15) is 0 Å². The number of nitrogen functional groups attached to an aromatic ring is 1. The molecule has 3 heteroatoms. The van der Waals surface area contributed by atoms with Gasteiger partial charge in [0.15, 0.2) is 0 Å². The predicted molar refractivity (Wildman–Crippen MR) is 60.4 cm³/mol. The molecule has 13 heavy (non-hydrogen) atoms. The van der Waals surface area contributed by atoms with Crippen molar-refractivity contribution in [3.05, 3.63) is 28.2 Å². The van der Waals surface area contributed by atoms with E-state index in [4.69, 9.17) is 11.5 Å². The van der Waals surface area contributed by atoms with Crippen molar-refractivity contribution in [2.75, 3.05) is 5.73 Å².